The van der Waals surface area contributed by atoms with Gasteiger partial charge in [-0.2, -0.15) is 0 Å². The average Bonchev–Trinajstić information content (AvgIpc) is 2.59. The summed E-state index contributed by atoms with van der Waals surface area (Å²) in [6, 6.07) is 4.29. The molecule has 1 aromatic carbocycles. The molecule has 74 valence electrons. The molecule has 2 rings (SSSR count). The Hall–Kier alpha value is 0.01000. The lowest BCUT2D eigenvalue weighted by Gasteiger charge is -2.03. The zero-order valence-corrected chi connectivity index (χ0v) is 11.2. The number of halogens is 1. The summed E-state index contributed by atoms with van der Waals surface area (Å²) < 4.78 is 1.35. The number of fused-ring (bicyclic) bond motifs is 1. The van der Waals surface area contributed by atoms with E-state index < -0.39 is 0 Å². The molecule has 14 heavy (non-hydrogen) atoms. The molecule has 0 aliphatic carbocycles. The van der Waals surface area contributed by atoms with Crippen LogP contribution in [0.1, 0.15) is 18.1 Å². The molecule has 0 saturated heterocycles. The Labute approximate surface area is 102 Å². The highest BCUT2D eigenvalue weighted by Gasteiger charge is 2.07. The third-order valence-corrected chi connectivity index (χ3v) is 4.18. The monoisotopic (exact) mass is 286 g/mol. The van der Waals surface area contributed by atoms with Crippen LogP contribution >= 0.6 is 39.9 Å². The van der Waals surface area contributed by atoms with Crippen LogP contribution < -0.4 is 0 Å². The molecule has 0 spiro atoms. The predicted octanol–water partition coefficient (Wildman–Crippen LogP) is 4.65. The number of benzene rings is 1. The minimum Gasteiger partial charge on any atom is -0.143 e. The molecule has 0 aliphatic heterocycles. The number of alkyl halides is 1. The van der Waals surface area contributed by atoms with Gasteiger partial charge >= 0.3 is 0 Å². The maximum atomic E-state index is 4.41. The summed E-state index contributed by atoms with van der Waals surface area (Å²) in [5.74, 6) is 0. The van der Waals surface area contributed by atoms with E-state index in [-0.39, 0.29) is 0 Å². The number of rotatable bonds is 2. The summed E-state index contributed by atoms with van der Waals surface area (Å²) in [5.41, 5.74) is 2.80. The van der Waals surface area contributed by atoms with E-state index in [9.17, 15) is 0 Å². The molecule has 0 saturated carbocycles. The van der Waals surface area contributed by atoms with Crippen LogP contribution in [0.2, 0.25) is 0 Å². The topological polar surface area (TPSA) is 0 Å². The largest absolute Gasteiger partial charge is 0.143 e. The van der Waals surface area contributed by atoms with E-state index in [1.165, 1.54) is 21.2 Å². The summed E-state index contributed by atoms with van der Waals surface area (Å²) in [6.07, 6.45) is 1.10. The van der Waals surface area contributed by atoms with Crippen LogP contribution in [0.4, 0.5) is 0 Å². The summed E-state index contributed by atoms with van der Waals surface area (Å²) in [4.78, 5) is 1.05. The summed E-state index contributed by atoms with van der Waals surface area (Å²) in [5, 5.41) is 4.58. The summed E-state index contributed by atoms with van der Waals surface area (Å²) in [7, 11) is 0. The van der Waals surface area contributed by atoms with Gasteiger partial charge in [0.05, 0.1) is 0 Å². The van der Waals surface area contributed by atoms with E-state index >= 15 is 0 Å². The number of aryl methyl sites for hydroxylation is 1. The molecule has 3 heteroatoms. The minimum atomic E-state index is 0.904. The van der Waals surface area contributed by atoms with E-state index in [0.717, 1.165) is 16.6 Å². The Kier molecular flexibility index (Phi) is 3.20. The molecule has 1 aromatic heterocycles. The van der Waals surface area contributed by atoms with Crippen LogP contribution in [0.15, 0.2) is 22.4 Å². The van der Waals surface area contributed by atoms with Crippen LogP contribution in [0.25, 0.3) is 10.1 Å². The van der Waals surface area contributed by atoms with Gasteiger partial charge in [0, 0.05) is 14.9 Å². The highest BCUT2D eigenvalue weighted by atomic mass is 79.9. The summed E-state index contributed by atoms with van der Waals surface area (Å²) >= 11 is 9.75. The Bertz CT molecular complexity index is 460. The predicted molar refractivity (Wildman–Crippen MR) is 71.1 cm³/mol. The van der Waals surface area contributed by atoms with Crippen molar-refractivity contribution in [1.29, 1.82) is 0 Å². The molecule has 0 nitrogen and oxygen atoms in total. The van der Waals surface area contributed by atoms with E-state index in [2.05, 4.69) is 53.0 Å². The second-order valence-corrected chi connectivity index (χ2v) is 5.21. The third-order valence-electron chi connectivity index (χ3n) is 2.34. The minimum absolute atomic E-state index is 0.904. The molecule has 0 amide bonds. The molecule has 0 fully saturated rings. The Balaban J connectivity index is 2.78. The molecule has 0 unspecified atom stereocenters. The number of thiophene rings is 1. The van der Waals surface area contributed by atoms with Crippen LogP contribution in [-0.2, 0) is 11.8 Å². The van der Waals surface area contributed by atoms with E-state index in [1.807, 2.05) is 11.3 Å². The van der Waals surface area contributed by atoms with Gasteiger partial charge in [0.2, 0.25) is 0 Å². The zero-order valence-electron chi connectivity index (χ0n) is 7.88. The van der Waals surface area contributed by atoms with Gasteiger partial charge in [0.25, 0.3) is 0 Å². The Morgan fingerprint density at radius 1 is 1.36 bits per heavy atom. The molecule has 0 atom stereocenters. The summed E-state index contributed by atoms with van der Waals surface area (Å²) in [6.45, 7) is 2.20. The molecule has 0 aliphatic rings. The van der Waals surface area contributed by atoms with Gasteiger partial charge in [0.1, 0.15) is 0 Å². The first-order chi connectivity index (χ1) is 6.76. The fraction of sp³-hybridized carbons (Fsp3) is 0.273. The van der Waals surface area contributed by atoms with Gasteiger partial charge in [-0.25, -0.2) is 0 Å². The second kappa shape index (κ2) is 4.25. The number of hydrogen-bond acceptors (Lipinski definition) is 2. The van der Waals surface area contributed by atoms with Gasteiger partial charge < -0.3 is 0 Å². The van der Waals surface area contributed by atoms with Crippen LogP contribution in [-0.4, -0.2) is 0 Å². The molecule has 0 radical (unpaired) electrons. The Morgan fingerprint density at radius 3 is 2.79 bits per heavy atom. The molecule has 0 bridgehead atoms. The van der Waals surface area contributed by atoms with Crippen LogP contribution in [0.5, 0.6) is 0 Å². The quantitative estimate of drug-likeness (QED) is 0.603. The van der Waals surface area contributed by atoms with Crippen molar-refractivity contribution in [2.45, 2.75) is 23.6 Å². The molecule has 1 heterocycles. The van der Waals surface area contributed by atoms with Gasteiger partial charge in [-0.3, -0.25) is 0 Å². The molecule has 2 aromatic rings. The Morgan fingerprint density at radius 2 is 2.14 bits per heavy atom. The number of hydrogen-bond donors (Lipinski definition) is 1. The van der Waals surface area contributed by atoms with Crippen molar-refractivity contribution in [3.63, 3.8) is 0 Å². The van der Waals surface area contributed by atoms with Gasteiger partial charge in [-0.1, -0.05) is 22.9 Å². The first-order valence-electron chi connectivity index (χ1n) is 4.54. The lowest BCUT2D eigenvalue weighted by Crippen LogP contribution is -1.84. The van der Waals surface area contributed by atoms with E-state index in [1.54, 1.807) is 0 Å². The highest BCUT2D eigenvalue weighted by molar-refractivity contribution is 9.08. The first-order valence-corrected chi connectivity index (χ1v) is 6.99. The van der Waals surface area contributed by atoms with Gasteiger partial charge in [-0.15, -0.1) is 24.0 Å². The fourth-order valence-electron chi connectivity index (χ4n) is 1.67. The highest BCUT2D eigenvalue weighted by Crippen LogP contribution is 2.32. The lowest BCUT2D eigenvalue weighted by molar-refractivity contribution is 1.17. The van der Waals surface area contributed by atoms with Crippen molar-refractivity contribution in [3.05, 3.63) is 28.6 Å². The van der Waals surface area contributed by atoms with Crippen molar-refractivity contribution in [2.24, 2.45) is 0 Å². The van der Waals surface area contributed by atoms with Crippen molar-refractivity contribution < 1.29 is 0 Å². The van der Waals surface area contributed by atoms with Gasteiger partial charge in [0.15, 0.2) is 0 Å². The van der Waals surface area contributed by atoms with E-state index in [4.69, 9.17) is 0 Å². The molecular formula is C11H11BrS2. The molecule has 0 N–H and O–H groups in total. The van der Waals surface area contributed by atoms with E-state index in [0.29, 0.717) is 0 Å². The van der Waals surface area contributed by atoms with Crippen molar-refractivity contribution >= 4 is 50.0 Å². The first kappa shape index (κ1) is 10.5. The average molecular weight is 287 g/mol. The van der Waals surface area contributed by atoms with Crippen molar-refractivity contribution in [2.75, 3.05) is 0 Å². The molecular weight excluding hydrogens is 276 g/mol. The second-order valence-electron chi connectivity index (χ2n) is 3.23. The maximum Gasteiger partial charge on any atom is 0.0359 e. The zero-order chi connectivity index (χ0) is 10.1. The lowest BCUT2D eigenvalue weighted by atomic mass is 10.1. The number of thiol groups is 1. The van der Waals surface area contributed by atoms with Gasteiger partial charge in [-0.05, 0) is 40.4 Å². The smallest absolute Gasteiger partial charge is 0.0359 e. The third kappa shape index (κ3) is 1.73. The SMILES string of the molecule is CCc1csc2cc(S)cc(CBr)c12. The van der Waals surface area contributed by atoms with Crippen molar-refractivity contribution in [1.82, 2.24) is 0 Å². The fourth-order valence-corrected chi connectivity index (χ4v) is 3.62. The maximum absolute atomic E-state index is 4.41. The standard InChI is InChI=1S/C11H11BrS2/c1-2-7-6-14-10-4-9(13)3-8(5-12)11(7)10/h3-4,6,13H,2,5H2,1H3. The normalized spacial score (nSPS) is 11.1. The van der Waals surface area contributed by atoms with Crippen LogP contribution in [0.3, 0.4) is 0 Å². The van der Waals surface area contributed by atoms with Crippen molar-refractivity contribution in [3.8, 4) is 0 Å². The van der Waals surface area contributed by atoms with Crippen LogP contribution in [0, 0.1) is 0 Å².